The second-order valence-electron chi connectivity index (χ2n) is 6.35. The zero-order valence-corrected chi connectivity index (χ0v) is 15.3. The highest BCUT2D eigenvalue weighted by molar-refractivity contribution is 9.10. The molecule has 2 aliphatic rings. The van der Waals surface area contributed by atoms with Crippen molar-refractivity contribution < 1.29 is 9.53 Å². The SMILES string of the molecule is O=C(NC1CCOc2ccc(Br)cc21)C1CC1c1ccccc1Cl. The lowest BCUT2D eigenvalue weighted by Crippen LogP contribution is -2.33. The molecule has 3 unspecified atom stereocenters. The Labute approximate surface area is 154 Å². The van der Waals surface area contributed by atoms with Crippen molar-refractivity contribution in [3.8, 4) is 5.75 Å². The van der Waals surface area contributed by atoms with E-state index < -0.39 is 0 Å². The summed E-state index contributed by atoms with van der Waals surface area (Å²) in [5, 5.41) is 3.95. The predicted molar refractivity (Wildman–Crippen MR) is 97.4 cm³/mol. The van der Waals surface area contributed by atoms with Crippen LogP contribution in [0.2, 0.25) is 5.02 Å². The van der Waals surface area contributed by atoms with Gasteiger partial charge in [0.15, 0.2) is 0 Å². The highest BCUT2D eigenvalue weighted by Gasteiger charge is 2.45. The van der Waals surface area contributed by atoms with Crippen molar-refractivity contribution in [2.75, 3.05) is 6.61 Å². The Morgan fingerprint density at radius 3 is 2.88 bits per heavy atom. The Kier molecular flexibility index (Phi) is 4.27. The van der Waals surface area contributed by atoms with Crippen molar-refractivity contribution in [3.63, 3.8) is 0 Å². The number of rotatable bonds is 3. The van der Waals surface area contributed by atoms with E-state index in [1.165, 1.54) is 0 Å². The number of carbonyl (C=O) groups is 1. The molecule has 24 heavy (non-hydrogen) atoms. The average Bonchev–Trinajstić information content (AvgIpc) is 3.36. The Balaban J connectivity index is 1.47. The number of hydrogen-bond acceptors (Lipinski definition) is 2. The van der Waals surface area contributed by atoms with Crippen molar-refractivity contribution in [2.45, 2.75) is 24.8 Å². The van der Waals surface area contributed by atoms with Crippen LogP contribution < -0.4 is 10.1 Å². The first kappa shape index (κ1) is 16.0. The van der Waals surface area contributed by atoms with Gasteiger partial charge in [0.2, 0.25) is 5.91 Å². The second kappa shape index (κ2) is 6.41. The fourth-order valence-electron chi connectivity index (χ4n) is 3.40. The van der Waals surface area contributed by atoms with Gasteiger partial charge in [-0.3, -0.25) is 4.79 Å². The van der Waals surface area contributed by atoms with Gasteiger partial charge in [-0.1, -0.05) is 45.7 Å². The highest BCUT2D eigenvalue weighted by atomic mass is 79.9. The normalized spacial score (nSPS) is 24.7. The van der Waals surface area contributed by atoms with Gasteiger partial charge in [0.1, 0.15) is 5.75 Å². The lowest BCUT2D eigenvalue weighted by molar-refractivity contribution is -0.123. The van der Waals surface area contributed by atoms with Gasteiger partial charge in [0.05, 0.1) is 12.6 Å². The Morgan fingerprint density at radius 2 is 2.04 bits per heavy atom. The first-order valence-corrected chi connectivity index (χ1v) is 9.27. The molecule has 124 valence electrons. The molecule has 5 heteroatoms. The van der Waals surface area contributed by atoms with Crippen LogP contribution in [0.4, 0.5) is 0 Å². The third-order valence-electron chi connectivity index (χ3n) is 4.76. The summed E-state index contributed by atoms with van der Waals surface area (Å²) < 4.78 is 6.67. The maximum atomic E-state index is 12.7. The molecule has 0 radical (unpaired) electrons. The van der Waals surface area contributed by atoms with Gasteiger partial charge in [0, 0.05) is 27.4 Å². The molecule has 0 spiro atoms. The van der Waals surface area contributed by atoms with Gasteiger partial charge in [-0.25, -0.2) is 0 Å². The number of ether oxygens (including phenoxy) is 1. The summed E-state index contributed by atoms with van der Waals surface area (Å²) in [6, 6.07) is 13.7. The maximum Gasteiger partial charge on any atom is 0.224 e. The lowest BCUT2D eigenvalue weighted by atomic mass is 10.00. The van der Waals surface area contributed by atoms with Crippen LogP contribution in [0.5, 0.6) is 5.75 Å². The largest absolute Gasteiger partial charge is 0.493 e. The molecule has 1 N–H and O–H groups in total. The Bertz CT molecular complexity index is 795. The van der Waals surface area contributed by atoms with E-state index in [0.29, 0.717) is 6.61 Å². The van der Waals surface area contributed by atoms with Gasteiger partial charge in [-0.05, 0) is 42.2 Å². The van der Waals surface area contributed by atoms with Crippen molar-refractivity contribution in [1.82, 2.24) is 5.32 Å². The standard InChI is InChI=1S/C19H17BrClNO2/c20-11-5-6-18-15(9-11)17(7-8-24-18)22-19(23)14-10-13(14)12-3-1-2-4-16(12)21/h1-6,9,13-14,17H,7-8,10H2,(H,22,23). The van der Waals surface area contributed by atoms with E-state index >= 15 is 0 Å². The van der Waals surface area contributed by atoms with Crippen LogP contribution in [-0.4, -0.2) is 12.5 Å². The predicted octanol–water partition coefficient (Wildman–Crippen LogP) is 4.85. The van der Waals surface area contributed by atoms with Crippen molar-refractivity contribution in [3.05, 3.63) is 63.1 Å². The summed E-state index contributed by atoms with van der Waals surface area (Å²) in [6.07, 6.45) is 1.66. The molecule has 0 aromatic heterocycles. The number of fused-ring (bicyclic) bond motifs is 1. The van der Waals surface area contributed by atoms with Crippen LogP contribution in [0.3, 0.4) is 0 Å². The van der Waals surface area contributed by atoms with Crippen LogP contribution in [-0.2, 0) is 4.79 Å². The quantitative estimate of drug-likeness (QED) is 0.791. The maximum absolute atomic E-state index is 12.7. The van der Waals surface area contributed by atoms with Crippen LogP contribution >= 0.6 is 27.5 Å². The van der Waals surface area contributed by atoms with Crippen LogP contribution in [0.1, 0.15) is 35.9 Å². The van der Waals surface area contributed by atoms with Crippen LogP contribution in [0, 0.1) is 5.92 Å². The first-order chi connectivity index (χ1) is 11.6. The van der Waals surface area contributed by atoms with E-state index in [2.05, 4.69) is 21.2 Å². The summed E-state index contributed by atoms with van der Waals surface area (Å²) in [5.41, 5.74) is 2.12. The average molecular weight is 407 g/mol. The number of hydrogen-bond donors (Lipinski definition) is 1. The zero-order valence-electron chi connectivity index (χ0n) is 13.0. The fourth-order valence-corrected chi connectivity index (χ4v) is 4.05. The minimum atomic E-state index is 0.00578. The molecule has 1 heterocycles. The monoisotopic (exact) mass is 405 g/mol. The lowest BCUT2D eigenvalue weighted by Gasteiger charge is -2.27. The molecular formula is C19H17BrClNO2. The fraction of sp³-hybridized carbons (Fsp3) is 0.316. The topological polar surface area (TPSA) is 38.3 Å². The summed E-state index contributed by atoms with van der Waals surface area (Å²) in [6.45, 7) is 0.623. The molecule has 3 nitrogen and oxygen atoms in total. The van der Waals surface area contributed by atoms with E-state index in [1.807, 2.05) is 42.5 Å². The minimum Gasteiger partial charge on any atom is -0.493 e. The molecule has 1 amide bonds. The van der Waals surface area contributed by atoms with E-state index in [-0.39, 0.29) is 23.8 Å². The summed E-state index contributed by atoms with van der Waals surface area (Å²) >= 11 is 9.74. The Morgan fingerprint density at radius 1 is 1.21 bits per heavy atom. The number of amides is 1. The van der Waals surface area contributed by atoms with E-state index in [0.717, 1.165) is 39.2 Å². The van der Waals surface area contributed by atoms with Gasteiger partial charge >= 0.3 is 0 Å². The smallest absolute Gasteiger partial charge is 0.224 e. The highest BCUT2D eigenvalue weighted by Crippen LogP contribution is 2.50. The number of halogens is 2. The summed E-state index contributed by atoms with van der Waals surface area (Å²) in [7, 11) is 0. The molecule has 0 bridgehead atoms. The second-order valence-corrected chi connectivity index (χ2v) is 7.67. The molecule has 3 atom stereocenters. The van der Waals surface area contributed by atoms with E-state index in [4.69, 9.17) is 16.3 Å². The van der Waals surface area contributed by atoms with E-state index in [9.17, 15) is 4.79 Å². The third kappa shape index (κ3) is 3.05. The number of benzene rings is 2. The minimum absolute atomic E-state index is 0.00578. The molecule has 1 aliphatic carbocycles. The molecule has 1 saturated carbocycles. The molecule has 2 aromatic rings. The summed E-state index contributed by atoms with van der Waals surface area (Å²) in [4.78, 5) is 12.7. The van der Waals surface area contributed by atoms with Crippen molar-refractivity contribution in [1.29, 1.82) is 0 Å². The van der Waals surface area contributed by atoms with Gasteiger partial charge in [0.25, 0.3) is 0 Å². The Hall–Kier alpha value is -1.52. The zero-order chi connectivity index (χ0) is 16.7. The summed E-state index contributed by atoms with van der Waals surface area (Å²) in [5.74, 6) is 1.22. The molecular weight excluding hydrogens is 390 g/mol. The molecule has 0 saturated heterocycles. The molecule has 1 fully saturated rings. The molecule has 2 aromatic carbocycles. The van der Waals surface area contributed by atoms with E-state index in [1.54, 1.807) is 0 Å². The van der Waals surface area contributed by atoms with Gasteiger partial charge in [-0.2, -0.15) is 0 Å². The third-order valence-corrected chi connectivity index (χ3v) is 5.60. The van der Waals surface area contributed by atoms with Crippen LogP contribution in [0.15, 0.2) is 46.9 Å². The molecule has 4 rings (SSSR count). The van der Waals surface area contributed by atoms with Crippen molar-refractivity contribution in [2.24, 2.45) is 5.92 Å². The number of carbonyl (C=O) groups excluding carboxylic acids is 1. The number of nitrogens with one attached hydrogen (secondary N) is 1. The first-order valence-electron chi connectivity index (χ1n) is 8.10. The molecule has 1 aliphatic heterocycles. The van der Waals surface area contributed by atoms with Gasteiger partial charge < -0.3 is 10.1 Å². The van der Waals surface area contributed by atoms with Gasteiger partial charge in [-0.15, -0.1) is 0 Å². The van der Waals surface area contributed by atoms with Crippen molar-refractivity contribution >= 4 is 33.4 Å². The van der Waals surface area contributed by atoms with Crippen LogP contribution in [0.25, 0.3) is 0 Å².